The van der Waals surface area contributed by atoms with Crippen LogP contribution in [0.3, 0.4) is 0 Å². The Morgan fingerprint density at radius 1 is 1.27 bits per heavy atom. The molecule has 2 N–H and O–H groups in total. The summed E-state index contributed by atoms with van der Waals surface area (Å²) < 4.78 is 5.57. The molecule has 1 heterocycles. The number of anilines is 1. The Bertz CT molecular complexity index is 482. The number of hydrogen-bond donors (Lipinski definition) is 1. The number of ether oxygens (including phenoxy) is 1. The van der Waals surface area contributed by atoms with E-state index in [0.29, 0.717) is 5.82 Å². The van der Waals surface area contributed by atoms with Crippen molar-refractivity contribution in [2.75, 3.05) is 5.73 Å². The van der Waals surface area contributed by atoms with Crippen LogP contribution in [0.15, 0.2) is 24.5 Å². The van der Waals surface area contributed by atoms with Gasteiger partial charge in [0.25, 0.3) is 0 Å². The van der Waals surface area contributed by atoms with Gasteiger partial charge in [0.1, 0.15) is 17.9 Å². The van der Waals surface area contributed by atoms with Gasteiger partial charge in [-0.25, -0.2) is 9.97 Å². The van der Waals surface area contributed by atoms with Gasteiger partial charge in [-0.2, -0.15) is 0 Å². The zero-order valence-electron chi connectivity index (χ0n) is 8.77. The van der Waals surface area contributed by atoms with Gasteiger partial charge in [0.05, 0.1) is 11.6 Å². The van der Waals surface area contributed by atoms with Crippen LogP contribution < -0.4 is 10.5 Å². The molecular weight excluding hydrogens is 190 g/mol. The summed E-state index contributed by atoms with van der Waals surface area (Å²) in [5.41, 5.74) is 6.58. The van der Waals surface area contributed by atoms with Crippen molar-refractivity contribution in [3.8, 4) is 5.75 Å². The molecular formula is C11H13N3O. The van der Waals surface area contributed by atoms with E-state index in [1.54, 1.807) is 0 Å². The maximum atomic E-state index is 5.75. The molecule has 0 fully saturated rings. The summed E-state index contributed by atoms with van der Waals surface area (Å²) in [7, 11) is 0. The van der Waals surface area contributed by atoms with Crippen LogP contribution in [-0.4, -0.2) is 16.1 Å². The zero-order chi connectivity index (χ0) is 10.8. The van der Waals surface area contributed by atoms with Crippen molar-refractivity contribution in [1.29, 1.82) is 0 Å². The van der Waals surface area contributed by atoms with Crippen LogP contribution in [0.4, 0.5) is 5.82 Å². The van der Waals surface area contributed by atoms with E-state index in [2.05, 4.69) is 9.97 Å². The molecule has 78 valence electrons. The second kappa shape index (κ2) is 3.73. The lowest BCUT2D eigenvalue weighted by Crippen LogP contribution is -2.05. The fourth-order valence-corrected chi connectivity index (χ4v) is 1.40. The third-order valence-corrected chi connectivity index (χ3v) is 2.01. The fourth-order valence-electron chi connectivity index (χ4n) is 1.40. The summed E-state index contributed by atoms with van der Waals surface area (Å²) in [4.78, 5) is 8.05. The molecule has 0 aliphatic heterocycles. The van der Waals surface area contributed by atoms with Crippen LogP contribution >= 0.6 is 0 Å². The molecule has 4 heteroatoms. The monoisotopic (exact) mass is 203 g/mol. The molecule has 0 amide bonds. The number of nitrogen functional groups attached to an aromatic ring is 1. The lowest BCUT2D eigenvalue weighted by molar-refractivity contribution is 0.243. The number of nitrogens with zero attached hydrogens (tertiary/aromatic N) is 2. The number of hydrogen-bond acceptors (Lipinski definition) is 4. The smallest absolute Gasteiger partial charge is 0.134 e. The molecule has 0 radical (unpaired) electrons. The van der Waals surface area contributed by atoms with Crippen LogP contribution in [0.2, 0.25) is 0 Å². The summed E-state index contributed by atoms with van der Waals surface area (Å²) in [6.07, 6.45) is 1.61. The number of benzene rings is 1. The Hall–Kier alpha value is -1.84. The fraction of sp³-hybridized carbons (Fsp3) is 0.273. The number of aromatic nitrogens is 2. The highest BCUT2D eigenvalue weighted by Crippen LogP contribution is 2.23. The molecule has 0 aliphatic carbocycles. The SMILES string of the molecule is CC(C)Oc1ccc2ncnc(N)c2c1. The molecule has 0 aliphatic rings. The molecule has 0 unspecified atom stereocenters. The van der Waals surface area contributed by atoms with Crippen molar-refractivity contribution >= 4 is 16.7 Å². The minimum absolute atomic E-state index is 0.147. The van der Waals surface area contributed by atoms with Crippen LogP contribution in [0.25, 0.3) is 10.9 Å². The van der Waals surface area contributed by atoms with Crippen molar-refractivity contribution in [3.63, 3.8) is 0 Å². The van der Waals surface area contributed by atoms with E-state index in [0.717, 1.165) is 16.7 Å². The molecule has 1 aromatic carbocycles. The summed E-state index contributed by atoms with van der Waals surface area (Å²) in [6.45, 7) is 3.96. The predicted molar refractivity (Wildman–Crippen MR) is 59.7 cm³/mol. The van der Waals surface area contributed by atoms with Crippen molar-refractivity contribution in [2.45, 2.75) is 20.0 Å². The van der Waals surface area contributed by atoms with Crippen molar-refractivity contribution in [1.82, 2.24) is 9.97 Å². The Balaban J connectivity index is 2.50. The second-order valence-corrected chi connectivity index (χ2v) is 3.60. The van der Waals surface area contributed by atoms with E-state index in [4.69, 9.17) is 10.5 Å². The quantitative estimate of drug-likeness (QED) is 0.810. The minimum atomic E-state index is 0.147. The van der Waals surface area contributed by atoms with E-state index < -0.39 is 0 Å². The Morgan fingerprint density at radius 3 is 2.80 bits per heavy atom. The average Bonchev–Trinajstić information content (AvgIpc) is 2.18. The normalized spacial score (nSPS) is 10.9. The molecule has 2 aromatic rings. The lowest BCUT2D eigenvalue weighted by Gasteiger charge is -2.10. The van der Waals surface area contributed by atoms with Gasteiger partial charge in [-0.15, -0.1) is 0 Å². The van der Waals surface area contributed by atoms with E-state index in [-0.39, 0.29) is 6.10 Å². The number of fused-ring (bicyclic) bond motifs is 1. The molecule has 0 bridgehead atoms. The van der Waals surface area contributed by atoms with Gasteiger partial charge in [-0.1, -0.05) is 0 Å². The Morgan fingerprint density at radius 2 is 2.07 bits per heavy atom. The Labute approximate surface area is 88.1 Å². The summed E-state index contributed by atoms with van der Waals surface area (Å²) in [6, 6.07) is 5.63. The van der Waals surface area contributed by atoms with Crippen molar-refractivity contribution in [2.24, 2.45) is 0 Å². The highest BCUT2D eigenvalue weighted by molar-refractivity contribution is 5.88. The first-order valence-corrected chi connectivity index (χ1v) is 4.83. The number of nitrogens with two attached hydrogens (primary N) is 1. The van der Waals surface area contributed by atoms with E-state index in [9.17, 15) is 0 Å². The Kier molecular flexibility index (Phi) is 2.41. The van der Waals surface area contributed by atoms with Crippen LogP contribution in [0.5, 0.6) is 5.75 Å². The molecule has 0 saturated heterocycles. The molecule has 0 spiro atoms. The zero-order valence-corrected chi connectivity index (χ0v) is 8.77. The molecule has 0 saturated carbocycles. The van der Waals surface area contributed by atoms with Gasteiger partial charge in [-0.05, 0) is 32.0 Å². The molecule has 0 atom stereocenters. The lowest BCUT2D eigenvalue weighted by atomic mass is 10.2. The highest BCUT2D eigenvalue weighted by Gasteiger charge is 2.03. The third kappa shape index (κ3) is 1.98. The molecule has 4 nitrogen and oxygen atoms in total. The summed E-state index contributed by atoms with van der Waals surface area (Å²) in [5.74, 6) is 1.27. The maximum Gasteiger partial charge on any atom is 0.134 e. The van der Waals surface area contributed by atoms with Crippen LogP contribution in [0, 0.1) is 0 Å². The van der Waals surface area contributed by atoms with Crippen LogP contribution in [-0.2, 0) is 0 Å². The third-order valence-electron chi connectivity index (χ3n) is 2.01. The van der Waals surface area contributed by atoms with Gasteiger partial charge in [-0.3, -0.25) is 0 Å². The van der Waals surface area contributed by atoms with Gasteiger partial charge in [0.15, 0.2) is 0 Å². The van der Waals surface area contributed by atoms with Crippen molar-refractivity contribution < 1.29 is 4.74 Å². The van der Waals surface area contributed by atoms with E-state index in [1.807, 2.05) is 32.0 Å². The first-order chi connectivity index (χ1) is 7.16. The maximum absolute atomic E-state index is 5.75. The topological polar surface area (TPSA) is 61.0 Å². The van der Waals surface area contributed by atoms with E-state index in [1.165, 1.54) is 6.33 Å². The van der Waals surface area contributed by atoms with Gasteiger partial charge >= 0.3 is 0 Å². The van der Waals surface area contributed by atoms with Crippen molar-refractivity contribution in [3.05, 3.63) is 24.5 Å². The summed E-state index contributed by atoms with van der Waals surface area (Å²) in [5, 5.41) is 0.829. The summed E-state index contributed by atoms with van der Waals surface area (Å²) >= 11 is 0. The standard InChI is InChI=1S/C11H13N3O/c1-7(2)15-8-3-4-10-9(5-8)11(12)14-6-13-10/h3-7H,1-2H3,(H2,12,13,14). The predicted octanol–water partition coefficient (Wildman–Crippen LogP) is 2.00. The molecule has 1 aromatic heterocycles. The van der Waals surface area contributed by atoms with Crippen LogP contribution in [0.1, 0.15) is 13.8 Å². The van der Waals surface area contributed by atoms with Gasteiger partial charge in [0, 0.05) is 5.39 Å². The van der Waals surface area contributed by atoms with E-state index >= 15 is 0 Å². The first kappa shape index (κ1) is 9.71. The molecule has 15 heavy (non-hydrogen) atoms. The van der Waals surface area contributed by atoms with Gasteiger partial charge < -0.3 is 10.5 Å². The largest absolute Gasteiger partial charge is 0.491 e. The second-order valence-electron chi connectivity index (χ2n) is 3.60. The molecule has 2 rings (SSSR count). The highest BCUT2D eigenvalue weighted by atomic mass is 16.5. The number of rotatable bonds is 2. The minimum Gasteiger partial charge on any atom is -0.491 e. The average molecular weight is 203 g/mol. The first-order valence-electron chi connectivity index (χ1n) is 4.83. The van der Waals surface area contributed by atoms with Gasteiger partial charge in [0.2, 0.25) is 0 Å².